The zero-order valence-corrected chi connectivity index (χ0v) is 23.9. The lowest BCUT2D eigenvalue weighted by atomic mass is 9.63. The SMILES string of the molecule is CC(OS(=O)[O-])C1(CN(C)C(=O)c2n[nH]c3c2CN(C(=O)OC(C)(C)C)CC3)CC(OCc2ccccc2)C1. The fourth-order valence-corrected chi connectivity index (χ4v) is 5.68. The number of carbonyl (C=O) groups is 2. The van der Waals surface area contributed by atoms with Crippen molar-refractivity contribution in [2.45, 2.75) is 77.9 Å². The number of hydrogen-bond acceptors (Lipinski definition) is 8. The average Bonchev–Trinajstić information content (AvgIpc) is 3.27. The molecule has 2 atom stereocenters. The Balaban J connectivity index is 1.43. The van der Waals surface area contributed by atoms with E-state index in [4.69, 9.17) is 13.7 Å². The summed E-state index contributed by atoms with van der Waals surface area (Å²) in [6.45, 7) is 8.51. The van der Waals surface area contributed by atoms with Crippen molar-refractivity contribution in [2.24, 2.45) is 5.41 Å². The minimum Gasteiger partial charge on any atom is -0.750 e. The number of carbonyl (C=O) groups excluding carboxylic acids is 2. The van der Waals surface area contributed by atoms with Crippen LogP contribution in [0.1, 0.15) is 67.8 Å². The van der Waals surface area contributed by atoms with Crippen molar-refractivity contribution < 1.29 is 32.0 Å². The first-order valence-corrected chi connectivity index (χ1v) is 14.1. The van der Waals surface area contributed by atoms with Crippen LogP contribution >= 0.6 is 0 Å². The van der Waals surface area contributed by atoms with Crippen LogP contribution in [0.2, 0.25) is 0 Å². The first-order chi connectivity index (χ1) is 18.4. The van der Waals surface area contributed by atoms with Gasteiger partial charge in [0.05, 0.1) is 36.7 Å². The lowest BCUT2D eigenvalue weighted by Gasteiger charge is -2.52. The molecule has 0 radical (unpaired) electrons. The van der Waals surface area contributed by atoms with Crippen LogP contribution in [0.3, 0.4) is 0 Å². The van der Waals surface area contributed by atoms with E-state index in [-0.39, 0.29) is 30.8 Å². The average molecular weight is 562 g/mol. The Morgan fingerprint density at radius 3 is 2.62 bits per heavy atom. The van der Waals surface area contributed by atoms with Crippen molar-refractivity contribution in [3.63, 3.8) is 0 Å². The highest BCUT2D eigenvalue weighted by molar-refractivity contribution is 7.74. The highest BCUT2D eigenvalue weighted by Crippen LogP contribution is 2.48. The van der Waals surface area contributed by atoms with Crippen molar-refractivity contribution in [3.8, 4) is 0 Å². The summed E-state index contributed by atoms with van der Waals surface area (Å²) in [5.74, 6) is -0.318. The molecule has 2 unspecified atom stereocenters. The van der Waals surface area contributed by atoms with Gasteiger partial charge in [-0.05, 0) is 46.1 Å². The molecule has 0 spiro atoms. The number of hydrogen-bond donors (Lipinski definition) is 1. The largest absolute Gasteiger partial charge is 0.750 e. The van der Waals surface area contributed by atoms with Gasteiger partial charge in [0.1, 0.15) is 5.60 Å². The maximum Gasteiger partial charge on any atom is 0.410 e. The van der Waals surface area contributed by atoms with E-state index in [2.05, 4.69) is 10.2 Å². The molecular formula is C27H37N4O7S-. The van der Waals surface area contributed by atoms with Gasteiger partial charge in [0.25, 0.3) is 5.91 Å². The van der Waals surface area contributed by atoms with Gasteiger partial charge in [-0.15, -0.1) is 0 Å². The molecule has 2 amide bonds. The molecule has 1 aromatic heterocycles. The molecule has 1 aliphatic heterocycles. The summed E-state index contributed by atoms with van der Waals surface area (Å²) in [4.78, 5) is 29.3. The number of benzene rings is 1. The maximum absolute atomic E-state index is 13.6. The predicted octanol–water partition coefficient (Wildman–Crippen LogP) is 3.34. The standard InChI is InChI=1S/C27H38N4O7S/c1-18(38-39(34)35)27(13-20(14-27)36-16-19-9-7-6-8-10-19)17-30(5)24(32)23-21-15-31(12-11-22(21)28-29-23)25(33)37-26(2,3)4/h6-10,18,20H,11-17H2,1-5H3,(H,28,29)(H,34,35)/p-1. The molecular weight excluding hydrogens is 524 g/mol. The number of aromatic nitrogens is 2. The van der Waals surface area contributed by atoms with E-state index in [0.29, 0.717) is 38.0 Å². The van der Waals surface area contributed by atoms with Crippen molar-refractivity contribution in [3.05, 3.63) is 52.8 Å². The zero-order valence-electron chi connectivity index (χ0n) is 23.1. The number of fused-ring (bicyclic) bond motifs is 1. The second-order valence-corrected chi connectivity index (χ2v) is 12.1. The van der Waals surface area contributed by atoms with Gasteiger partial charge in [-0.1, -0.05) is 30.3 Å². The summed E-state index contributed by atoms with van der Waals surface area (Å²) >= 11 is -2.69. The lowest BCUT2D eigenvalue weighted by molar-refractivity contribution is -0.133. The molecule has 1 N–H and O–H groups in total. The lowest BCUT2D eigenvalue weighted by Crippen LogP contribution is -2.56. The Morgan fingerprint density at radius 1 is 1.28 bits per heavy atom. The fraction of sp³-hybridized carbons (Fsp3) is 0.593. The molecule has 214 valence electrons. The summed E-state index contributed by atoms with van der Waals surface area (Å²) in [7, 11) is 1.67. The first kappa shape index (κ1) is 29.2. The molecule has 1 aromatic carbocycles. The van der Waals surface area contributed by atoms with Gasteiger partial charge >= 0.3 is 6.09 Å². The van der Waals surface area contributed by atoms with E-state index < -0.39 is 34.6 Å². The summed E-state index contributed by atoms with van der Waals surface area (Å²) in [5, 5.41) is 7.23. The van der Waals surface area contributed by atoms with Crippen LogP contribution in [-0.2, 0) is 44.6 Å². The van der Waals surface area contributed by atoms with Gasteiger partial charge in [0.15, 0.2) is 5.69 Å². The second-order valence-electron chi connectivity index (χ2n) is 11.5. The van der Waals surface area contributed by atoms with E-state index in [0.717, 1.165) is 11.3 Å². The van der Waals surface area contributed by atoms with Crippen LogP contribution in [-0.4, -0.2) is 78.7 Å². The number of nitrogens with zero attached hydrogens (tertiary/aromatic N) is 3. The Bertz CT molecular complexity index is 1190. The number of nitrogens with one attached hydrogen (secondary N) is 1. The fourth-order valence-electron chi connectivity index (χ4n) is 5.24. The zero-order chi connectivity index (χ0) is 28.4. The smallest absolute Gasteiger partial charge is 0.410 e. The predicted molar refractivity (Wildman–Crippen MR) is 142 cm³/mol. The third kappa shape index (κ3) is 7.05. The number of ether oxygens (including phenoxy) is 2. The van der Waals surface area contributed by atoms with Gasteiger partial charge < -0.3 is 23.8 Å². The molecule has 2 heterocycles. The monoisotopic (exact) mass is 561 g/mol. The molecule has 1 fully saturated rings. The van der Waals surface area contributed by atoms with Crippen molar-refractivity contribution >= 4 is 23.4 Å². The molecule has 11 nitrogen and oxygen atoms in total. The molecule has 1 aliphatic carbocycles. The Morgan fingerprint density at radius 2 is 1.97 bits per heavy atom. The quantitative estimate of drug-likeness (QED) is 0.460. The van der Waals surface area contributed by atoms with Gasteiger partial charge in [-0.2, -0.15) is 5.10 Å². The third-order valence-electron chi connectivity index (χ3n) is 7.37. The van der Waals surface area contributed by atoms with Crippen LogP contribution < -0.4 is 0 Å². The van der Waals surface area contributed by atoms with Crippen LogP contribution in [0.25, 0.3) is 0 Å². The van der Waals surface area contributed by atoms with Gasteiger partial charge in [-0.25, -0.2) is 9.00 Å². The molecule has 39 heavy (non-hydrogen) atoms. The number of aromatic amines is 1. The van der Waals surface area contributed by atoms with Crippen LogP contribution in [0, 0.1) is 5.41 Å². The Hall–Kier alpha value is -2.80. The van der Waals surface area contributed by atoms with E-state index in [1.54, 1.807) is 23.8 Å². The van der Waals surface area contributed by atoms with Gasteiger partial charge in [-0.3, -0.25) is 14.1 Å². The molecule has 0 saturated heterocycles. The molecule has 4 rings (SSSR count). The van der Waals surface area contributed by atoms with Crippen molar-refractivity contribution in [1.29, 1.82) is 0 Å². The topological polar surface area (TPSA) is 137 Å². The highest BCUT2D eigenvalue weighted by Gasteiger charge is 2.51. The van der Waals surface area contributed by atoms with E-state index >= 15 is 0 Å². The summed E-state index contributed by atoms with van der Waals surface area (Å²) in [6, 6.07) is 9.81. The molecule has 2 aliphatic rings. The number of H-pyrrole nitrogens is 1. The normalized spacial score (nSPS) is 22.4. The molecule has 2 aromatic rings. The van der Waals surface area contributed by atoms with Crippen LogP contribution in [0.5, 0.6) is 0 Å². The van der Waals surface area contributed by atoms with E-state index in [9.17, 15) is 18.4 Å². The highest BCUT2D eigenvalue weighted by atomic mass is 32.2. The Labute approximate surface area is 231 Å². The van der Waals surface area contributed by atoms with Gasteiger partial charge in [0, 0.05) is 43.2 Å². The first-order valence-electron chi connectivity index (χ1n) is 13.1. The van der Waals surface area contributed by atoms with Crippen LogP contribution in [0.4, 0.5) is 4.79 Å². The second kappa shape index (κ2) is 11.7. The maximum atomic E-state index is 13.6. The number of rotatable bonds is 9. The van der Waals surface area contributed by atoms with Crippen molar-refractivity contribution in [2.75, 3.05) is 20.1 Å². The molecule has 12 heteroatoms. The molecule has 1 saturated carbocycles. The number of amides is 2. The van der Waals surface area contributed by atoms with E-state index in [1.807, 2.05) is 51.1 Å². The molecule has 0 bridgehead atoms. The summed E-state index contributed by atoms with van der Waals surface area (Å²) < 4.78 is 39.4. The summed E-state index contributed by atoms with van der Waals surface area (Å²) in [6.07, 6.45) is 0.441. The van der Waals surface area contributed by atoms with E-state index in [1.165, 1.54) is 0 Å². The minimum atomic E-state index is -2.69. The van der Waals surface area contributed by atoms with Gasteiger partial charge in [0.2, 0.25) is 0 Å². The summed E-state index contributed by atoms with van der Waals surface area (Å²) in [5.41, 5.74) is 1.55. The van der Waals surface area contributed by atoms with Crippen LogP contribution in [0.15, 0.2) is 30.3 Å². The third-order valence-corrected chi connectivity index (χ3v) is 7.81. The minimum absolute atomic E-state index is 0.0830. The van der Waals surface area contributed by atoms with Crippen molar-refractivity contribution in [1.82, 2.24) is 20.0 Å². The Kier molecular flexibility index (Phi) is 8.79.